The zero-order chi connectivity index (χ0) is 42.7. The van der Waals surface area contributed by atoms with Crippen LogP contribution < -0.4 is 29.9 Å². The van der Waals surface area contributed by atoms with E-state index in [1.165, 1.54) is 31.5 Å². The van der Waals surface area contributed by atoms with Crippen molar-refractivity contribution in [2.24, 2.45) is 11.8 Å². The topological polar surface area (TPSA) is 89.6 Å². The lowest BCUT2D eigenvalue weighted by Gasteiger charge is -2.53. The number of carbonyl (C=O) groups excluding carboxylic acids is 2. The van der Waals surface area contributed by atoms with Crippen LogP contribution in [0.4, 0.5) is 22.7 Å². The summed E-state index contributed by atoms with van der Waals surface area (Å²) in [6, 6.07) is 29.9. The van der Waals surface area contributed by atoms with Crippen LogP contribution in [0.1, 0.15) is 55.6 Å². The third kappa shape index (κ3) is 8.75. The molecule has 3 fully saturated rings. The number of ether oxygens (including phenoxy) is 2. The van der Waals surface area contributed by atoms with Crippen LogP contribution in [0.25, 0.3) is 20.2 Å². The molecule has 63 heavy (non-hydrogen) atoms. The lowest BCUT2D eigenvalue weighted by atomic mass is 9.51. The summed E-state index contributed by atoms with van der Waals surface area (Å²) in [5.41, 5.74) is 6.43. The molecular weight excluding hydrogens is 825 g/mol. The smallest absolute Gasteiger partial charge is 0.228 e. The highest BCUT2D eigenvalue weighted by molar-refractivity contribution is 7.17. The number of nitrogens with one attached hydrogen (secondary N) is 2. The van der Waals surface area contributed by atoms with Crippen molar-refractivity contribution >= 4 is 77.9 Å². The maximum atomic E-state index is 13.7. The zero-order valence-corrected chi connectivity index (χ0v) is 37.8. The van der Waals surface area contributed by atoms with E-state index in [1.54, 1.807) is 0 Å². The third-order valence-corrected chi connectivity index (χ3v) is 15.9. The molecule has 4 unspecified atom stereocenters. The minimum Gasteiger partial charge on any atom is -0.494 e. The molecule has 0 bridgehead atoms. The van der Waals surface area contributed by atoms with E-state index in [2.05, 4.69) is 109 Å². The van der Waals surface area contributed by atoms with E-state index in [4.69, 9.17) is 9.47 Å². The number of hydrogen-bond donors (Lipinski definition) is 2. The Morgan fingerprint density at radius 2 is 1.19 bits per heavy atom. The summed E-state index contributed by atoms with van der Waals surface area (Å²) in [7, 11) is 0. The molecule has 5 heterocycles. The number of benzene rings is 4. The summed E-state index contributed by atoms with van der Waals surface area (Å²) in [6.07, 6.45) is 4.81. The molecule has 4 aliphatic rings. The molecule has 6 aromatic rings. The van der Waals surface area contributed by atoms with Gasteiger partial charge in [0.15, 0.2) is 0 Å². The first kappa shape index (κ1) is 41.8. The van der Waals surface area contributed by atoms with E-state index in [0.717, 1.165) is 126 Å². The Kier molecular flexibility index (Phi) is 12.6. The summed E-state index contributed by atoms with van der Waals surface area (Å²) in [6.45, 7) is 14.1. The average Bonchev–Trinajstić information content (AvgIpc) is 4.01. The van der Waals surface area contributed by atoms with Crippen molar-refractivity contribution in [2.75, 3.05) is 99.1 Å². The van der Waals surface area contributed by atoms with Crippen LogP contribution in [0, 0.1) is 11.8 Å². The normalized spacial score (nSPS) is 21.4. The standard InChI is InChI=1S/C51H58N6O4S2/c1-35-48(38-14-12-36(32-42(38)52-34-58)60-28-4-2-18-54-20-24-56(25-21-54)44-8-6-10-46-40(44)16-30-62-46)50-49(35)39-15-13-37(33-43(39)53-51(50)59)61-29-5-3-19-55-22-26-57(27-23-55)45-9-7-11-47-41(45)17-31-63-47/h6-17,30-35,48-50H,2-5,18-29H2,1H3,(H,52,58)(H,53,59). The predicted octanol–water partition coefficient (Wildman–Crippen LogP) is 9.73. The van der Waals surface area contributed by atoms with Crippen molar-refractivity contribution in [1.82, 2.24) is 9.80 Å². The van der Waals surface area contributed by atoms with Gasteiger partial charge in [0.1, 0.15) is 11.5 Å². The Labute approximate surface area is 378 Å². The van der Waals surface area contributed by atoms with Gasteiger partial charge in [0.05, 0.1) is 19.1 Å². The molecule has 4 aromatic carbocycles. The summed E-state index contributed by atoms with van der Waals surface area (Å²) in [4.78, 5) is 35.7. The monoisotopic (exact) mass is 882 g/mol. The molecule has 4 atom stereocenters. The van der Waals surface area contributed by atoms with Crippen LogP contribution in [0.3, 0.4) is 0 Å². The Morgan fingerprint density at radius 3 is 1.76 bits per heavy atom. The highest BCUT2D eigenvalue weighted by Crippen LogP contribution is 2.62. The van der Waals surface area contributed by atoms with Crippen molar-refractivity contribution in [1.29, 1.82) is 0 Å². The van der Waals surface area contributed by atoms with Gasteiger partial charge in [-0.2, -0.15) is 0 Å². The lowest BCUT2D eigenvalue weighted by Crippen LogP contribution is -2.51. The minimum absolute atomic E-state index is 0.0208. The van der Waals surface area contributed by atoms with Gasteiger partial charge in [-0.1, -0.05) is 31.2 Å². The van der Waals surface area contributed by atoms with Gasteiger partial charge in [-0.3, -0.25) is 19.4 Å². The number of rotatable bonds is 17. The lowest BCUT2D eigenvalue weighted by molar-refractivity contribution is -0.127. The van der Waals surface area contributed by atoms with E-state index in [9.17, 15) is 9.59 Å². The molecule has 10 rings (SSSR count). The second-order valence-corrected chi connectivity index (χ2v) is 19.6. The van der Waals surface area contributed by atoms with Gasteiger partial charge in [0.25, 0.3) is 0 Å². The van der Waals surface area contributed by atoms with Crippen molar-refractivity contribution in [3.05, 3.63) is 107 Å². The second-order valence-electron chi connectivity index (χ2n) is 17.7. The van der Waals surface area contributed by atoms with E-state index in [0.29, 0.717) is 18.9 Å². The second kappa shape index (κ2) is 18.9. The summed E-state index contributed by atoms with van der Waals surface area (Å²) < 4.78 is 15.1. The number of unbranched alkanes of at least 4 members (excludes halogenated alkanes) is 2. The highest BCUT2D eigenvalue weighted by atomic mass is 32.1. The van der Waals surface area contributed by atoms with Crippen LogP contribution >= 0.6 is 22.7 Å². The van der Waals surface area contributed by atoms with Gasteiger partial charge >= 0.3 is 0 Å². The molecule has 2 saturated heterocycles. The van der Waals surface area contributed by atoms with Gasteiger partial charge < -0.3 is 29.9 Å². The number of thiophene rings is 2. The number of anilines is 4. The predicted molar refractivity (Wildman–Crippen MR) is 260 cm³/mol. The van der Waals surface area contributed by atoms with Gasteiger partial charge in [-0.05, 0) is 115 Å². The molecule has 2 aromatic heterocycles. The number of carbonyl (C=O) groups is 2. The number of nitrogens with zero attached hydrogens (tertiary/aromatic N) is 4. The maximum Gasteiger partial charge on any atom is 0.228 e. The molecule has 2 amide bonds. The fraction of sp³-hybridized carbons (Fsp3) is 0.412. The SMILES string of the molecule is CC1C(c2ccc(OCCCCN3CCN(c4cccc5sccc45)CC3)cc2NC=O)C2C(=O)Nc3cc(OCCCCN4CCN(c5cccc6sccc56)CC4)ccc3C12. The summed E-state index contributed by atoms with van der Waals surface area (Å²) in [5.74, 6) is 1.63. The van der Waals surface area contributed by atoms with Crippen LogP contribution in [-0.2, 0) is 9.59 Å². The number of amides is 2. The van der Waals surface area contributed by atoms with E-state index >= 15 is 0 Å². The molecule has 12 heteroatoms. The van der Waals surface area contributed by atoms with Crippen molar-refractivity contribution in [2.45, 2.75) is 44.4 Å². The quantitative estimate of drug-likeness (QED) is 0.0692. The zero-order valence-electron chi connectivity index (χ0n) is 36.2. The van der Waals surface area contributed by atoms with Crippen molar-refractivity contribution in [3.8, 4) is 11.5 Å². The van der Waals surface area contributed by atoms with Gasteiger partial charge in [0.2, 0.25) is 12.3 Å². The van der Waals surface area contributed by atoms with E-state index < -0.39 is 0 Å². The van der Waals surface area contributed by atoms with E-state index in [1.807, 2.05) is 46.9 Å². The largest absolute Gasteiger partial charge is 0.494 e. The molecule has 10 nitrogen and oxygen atoms in total. The molecular formula is C51H58N6O4S2. The van der Waals surface area contributed by atoms with Crippen molar-refractivity contribution in [3.63, 3.8) is 0 Å². The van der Waals surface area contributed by atoms with Crippen LogP contribution in [0.2, 0.25) is 0 Å². The first-order chi connectivity index (χ1) is 31.0. The summed E-state index contributed by atoms with van der Waals surface area (Å²) >= 11 is 3.62. The third-order valence-electron chi connectivity index (χ3n) is 14.1. The van der Waals surface area contributed by atoms with Gasteiger partial charge in [0, 0.05) is 119 Å². The Bertz CT molecular complexity index is 2540. The Balaban J connectivity index is 0.665. The number of piperazine rings is 2. The average molecular weight is 883 g/mol. The Hall–Kier alpha value is -5.14. The van der Waals surface area contributed by atoms with Crippen molar-refractivity contribution < 1.29 is 19.1 Å². The number of fused-ring (bicyclic) bond motifs is 5. The molecule has 1 saturated carbocycles. The first-order valence-corrected chi connectivity index (χ1v) is 24.7. The van der Waals surface area contributed by atoms with Gasteiger partial charge in [-0.15, -0.1) is 22.7 Å². The van der Waals surface area contributed by atoms with Crippen LogP contribution in [0.5, 0.6) is 11.5 Å². The molecule has 3 aliphatic heterocycles. The Morgan fingerprint density at radius 1 is 0.651 bits per heavy atom. The highest BCUT2D eigenvalue weighted by Gasteiger charge is 2.56. The molecule has 1 aliphatic carbocycles. The maximum absolute atomic E-state index is 13.7. The fourth-order valence-corrected chi connectivity index (χ4v) is 12.4. The van der Waals surface area contributed by atoms with Crippen LogP contribution in [0.15, 0.2) is 95.7 Å². The first-order valence-electron chi connectivity index (χ1n) is 22.9. The van der Waals surface area contributed by atoms with E-state index in [-0.39, 0.29) is 29.6 Å². The molecule has 0 spiro atoms. The molecule has 2 N–H and O–H groups in total. The summed E-state index contributed by atoms with van der Waals surface area (Å²) in [5, 5.41) is 13.3. The molecule has 0 radical (unpaired) electrons. The fourth-order valence-electron chi connectivity index (χ4n) is 10.8. The van der Waals surface area contributed by atoms with Crippen LogP contribution in [-0.4, -0.2) is 101 Å². The number of hydrogen-bond acceptors (Lipinski definition) is 10. The minimum atomic E-state index is -0.212. The molecule has 328 valence electrons. The van der Waals surface area contributed by atoms with Gasteiger partial charge in [-0.25, -0.2) is 0 Å².